The summed E-state index contributed by atoms with van der Waals surface area (Å²) in [4.78, 5) is 14.6. The Balaban J connectivity index is 1.72. The Morgan fingerprint density at radius 1 is 1.20 bits per heavy atom. The van der Waals surface area contributed by atoms with Crippen LogP contribution >= 0.6 is 22.9 Å². The minimum Gasteiger partial charge on any atom is -0.359 e. The van der Waals surface area contributed by atoms with E-state index in [1.54, 1.807) is 6.20 Å². The Morgan fingerprint density at radius 3 is 2.67 bits per heavy atom. The molecule has 1 fully saturated rings. The van der Waals surface area contributed by atoms with Crippen LogP contribution in [0.15, 0.2) is 36.5 Å². The standard InChI is InChI=1S/C20H22ClN5O2S2/c1-12(2)23-20-22-10-18(29-20)17-9-16(14-5-3-4-6-15(14)21)25-19(26-17)24-13-7-8-30(27,28)11-13/h3-6,9-10,12-13H,7-8,11H2,1-2H3,(H,22,23)(H,24,25,26). The largest absolute Gasteiger partial charge is 0.359 e. The second kappa shape index (κ2) is 8.49. The quantitative estimate of drug-likeness (QED) is 0.561. The summed E-state index contributed by atoms with van der Waals surface area (Å²) in [7, 11) is -3.01. The molecule has 0 aliphatic carbocycles. The third-order valence-electron chi connectivity index (χ3n) is 4.61. The molecule has 1 unspecified atom stereocenters. The molecule has 2 N–H and O–H groups in total. The predicted octanol–water partition coefficient (Wildman–Crippen LogP) is 4.34. The summed E-state index contributed by atoms with van der Waals surface area (Å²) in [6.07, 6.45) is 2.32. The lowest BCUT2D eigenvalue weighted by Crippen LogP contribution is -2.22. The molecule has 2 aromatic heterocycles. The molecule has 0 saturated carbocycles. The Labute approximate surface area is 184 Å². The molecule has 4 rings (SSSR count). The molecule has 0 spiro atoms. The summed E-state index contributed by atoms with van der Waals surface area (Å²) < 4.78 is 23.7. The van der Waals surface area contributed by atoms with Crippen LogP contribution in [0.25, 0.3) is 21.8 Å². The fourth-order valence-electron chi connectivity index (χ4n) is 3.24. The molecule has 1 aliphatic heterocycles. The summed E-state index contributed by atoms with van der Waals surface area (Å²) in [6, 6.07) is 9.42. The average Bonchev–Trinajstić information content (AvgIpc) is 3.27. The van der Waals surface area contributed by atoms with Gasteiger partial charge < -0.3 is 10.6 Å². The number of hydrogen-bond acceptors (Lipinski definition) is 8. The normalized spacial score (nSPS) is 17.9. The Kier molecular flexibility index (Phi) is 5.95. The fraction of sp³-hybridized carbons (Fsp3) is 0.350. The van der Waals surface area contributed by atoms with E-state index in [2.05, 4.69) is 39.4 Å². The second-order valence-electron chi connectivity index (χ2n) is 7.51. The molecule has 30 heavy (non-hydrogen) atoms. The monoisotopic (exact) mass is 463 g/mol. The molecule has 1 aromatic carbocycles. The lowest BCUT2D eigenvalue weighted by atomic mass is 10.1. The van der Waals surface area contributed by atoms with Gasteiger partial charge in [0.05, 0.1) is 27.8 Å². The van der Waals surface area contributed by atoms with Crippen LogP contribution in [0.4, 0.5) is 11.1 Å². The zero-order chi connectivity index (χ0) is 21.3. The highest BCUT2D eigenvalue weighted by Crippen LogP contribution is 2.33. The topological polar surface area (TPSA) is 96.9 Å². The Hall–Kier alpha value is -2.23. The first-order chi connectivity index (χ1) is 14.3. The number of anilines is 2. The van der Waals surface area contributed by atoms with Crippen LogP contribution in [0.2, 0.25) is 5.02 Å². The molecule has 0 bridgehead atoms. The van der Waals surface area contributed by atoms with Gasteiger partial charge in [-0.05, 0) is 32.4 Å². The van der Waals surface area contributed by atoms with Crippen molar-refractivity contribution in [1.82, 2.24) is 15.0 Å². The van der Waals surface area contributed by atoms with Gasteiger partial charge in [-0.1, -0.05) is 41.1 Å². The van der Waals surface area contributed by atoms with E-state index in [9.17, 15) is 8.42 Å². The van der Waals surface area contributed by atoms with Crippen LogP contribution in [0.1, 0.15) is 20.3 Å². The van der Waals surface area contributed by atoms with Gasteiger partial charge in [0.2, 0.25) is 5.95 Å². The molecular formula is C20H22ClN5O2S2. The first kappa shape index (κ1) is 21.0. The maximum atomic E-state index is 11.8. The zero-order valence-corrected chi connectivity index (χ0v) is 19.0. The molecule has 7 nitrogen and oxygen atoms in total. The lowest BCUT2D eigenvalue weighted by molar-refractivity contribution is 0.602. The number of nitrogens with one attached hydrogen (secondary N) is 2. The first-order valence-electron chi connectivity index (χ1n) is 9.63. The number of thiazole rings is 1. The molecular weight excluding hydrogens is 442 g/mol. The number of halogens is 1. The Morgan fingerprint density at radius 2 is 1.97 bits per heavy atom. The van der Waals surface area contributed by atoms with Gasteiger partial charge in [-0.15, -0.1) is 0 Å². The average molecular weight is 464 g/mol. The van der Waals surface area contributed by atoms with E-state index in [0.29, 0.717) is 28.8 Å². The van der Waals surface area contributed by atoms with Gasteiger partial charge in [-0.2, -0.15) is 0 Å². The van der Waals surface area contributed by atoms with Crippen LogP contribution in [0, 0.1) is 0 Å². The van der Waals surface area contributed by atoms with Crippen LogP contribution in [-0.4, -0.2) is 47.0 Å². The van der Waals surface area contributed by atoms with Crippen molar-refractivity contribution in [2.24, 2.45) is 0 Å². The fourth-order valence-corrected chi connectivity index (χ4v) is 6.07. The summed E-state index contributed by atoms with van der Waals surface area (Å²) >= 11 is 7.90. The van der Waals surface area contributed by atoms with Crippen molar-refractivity contribution in [3.8, 4) is 21.8 Å². The van der Waals surface area contributed by atoms with Crippen molar-refractivity contribution in [2.75, 3.05) is 22.1 Å². The molecule has 158 valence electrons. The van der Waals surface area contributed by atoms with Crippen molar-refractivity contribution < 1.29 is 8.42 Å². The number of hydrogen-bond donors (Lipinski definition) is 2. The molecule has 3 heterocycles. The lowest BCUT2D eigenvalue weighted by Gasteiger charge is -2.13. The molecule has 1 atom stereocenters. The molecule has 1 aliphatic rings. The second-order valence-corrected chi connectivity index (χ2v) is 11.2. The molecule has 0 radical (unpaired) electrons. The number of benzene rings is 1. The highest BCUT2D eigenvalue weighted by Gasteiger charge is 2.28. The maximum absolute atomic E-state index is 11.8. The van der Waals surface area contributed by atoms with Gasteiger partial charge in [0.25, 0.3) is 0 Å². The zero-order valence-electron chi connectivity index (χ0n) is 16.6. The van der Waals surface area contributed by atoms with E-state index in [1.165, 1.54) is 11.3 Å². The number of sulfone groups is 1. The van der Waals surface area contributed by atoms with Gasteiger partial charge in [0, 0.05) is 28.9 Å². The van der Waals surface area contributed by atoms with E-state index in [0.717, 1.165) is 15.6 Å². The van der Waals surface area contributed by atoms with E-state index in [-0.39, 0.29) is 23.6 Å². The van der Waals surface area contributed by atoms with Gasteiger partial charge in [-0.25, -0.2) is 23.4 Å². The minimum atomic E-state index is -3.01. The number of aromatic nitrogens is 3. The van der Waals surface area contributed by atoms with Crippen molar-refractivity contribution in [1.29, 1.82) is 0 Å². The van der Waals surface area contributed by atoms with E-state index in [4.69, 9.17) is 11.6 Å². The van der Waals surface area contributed by atoms with E-state index >= 15 is 0 Å². The summed E-state index contributed by atoms with van der Waals surface area (Å²) in [5.74, 6) is 0.655. The maximum Gasteiger partial charge on any atom is 0.224 e. The molecule has 10 heteroatoms. The van der Waals surface area contributed by atoms with Crippen molar-refractivity contribution in [3.05, 3.63) is 41.6 Å². The third-order valence-corrected chi connectivity index (χ3v) is 7.66. The summed E-state index contributed by atoms with van der Waals surface area (Å²) in [5.41, 5.74) is 2.16. The van der Waals surface area contributed by atoms with Crippen LogP contribution < -0.4 is 10.6 Å². The van der Waals surface area contributed by atoms with Gasteiger partial charge in [0.1, 0.15) is 0 Å². The summed E-state index contributed by atoms with van der Waals surface area (Å²) in [6.45, 7) is 4.11. The number of rotatable bonds is 6. The molecule has 1 saturated heterocycles. The summed E-state index contributed by atoms with van der Waals surface area (Å²) in [5, 5.41) is 7.89. The van der Waals surface area contributed by atoms with E-state index < -0.39 is 9.84 Å². The highest BCUT2D eigenvalue weighted by molar-refractivity contribution is 7.91. The highest BCUT2D eigenvalue weighted by atomic mass is 35.5. The van der Waals surface area contributed by atoms with Gasteiger partial charge in [0.15, 0.2) is 15.0 Å². The van der Waals surface area contributed by atoms with Gasteiger partial charge >= 0.3 is 0 Å². The SMILES string of the molecule is CC(C)Nc1ncc(-c2cc(-c3ccccc3Cl)nc(NC3CCS(=O)(=O)C3)n2)s1. The smallest absolute Gasteiger partial charge is 0.224 e. The number of nitrogens with zero attached hydrogens (tertiary/aromatic N) is 3. The third kappa shape index (κ3) is 4.91. The van der Waals surface area contributed by atoms with Crippen LogP contribution in [-0.2, 0) is 9.84 Å². The van der Waals surface area contributed by atoms with Gasteiger partial charge in [-0.3, -0.25) is 0 Å². The predicted molar refractivity (Wildman–Crippen MR) is 123 cm³/mol. The van der Waals surface area contributed by atoms with Crippen molar-refractivity contribution in [2.45, 2.75) is 32.4 Å². The Bertz CT molecular complexity index is 1160. The first-order valence-corrected chi connectivity index (χ1v) is 12.6. The van der Waals surface area contributed by atoms with E-state index in [1.807, 2.05) is 30.3 Å². The van der Waals surface area contributed by atoms with Crippen LogP contribution in [0.3, 0.4) is 0 Å². The van der Waals surface area contributed by atoms with Crippen LogP contribution in [0.5, 0.6) is 0 Å². The minimum absolute atomic E-state index is 0.0883. The van der Waals surface area contributed by atoms with Crippen molar-refractivity contribution in [3.63, 3.8) is 0 Å². The molecule has 0 amide bonds. The molecule has 3 aromatic rings. The van der Waals surface area contributed by atoms with Crippen molar-refractivity contribution >= 4 is 43.9 Å².